The van der Waals surface area contributed by atoms with Crippen LogP contribution >= 0.6 is 0 Å². The van der Waals surface area contributed by atoms with E-state index in [4.69, 9.17) is 4.74 Å². The highest BCUT2D eigenvalue weighted by Crippen LogP contribution is 2.53. The molecule has 0 aliphatic heterocycles. The van der Waals surface area contributed by atoms with Crippen molar-refractivity contribution in [3.05, 3.63) is 12.7 Å². The van der Waals surface area contributed by atoms with Crippen molar-refractivity contribution in [3.8, 4) is 0 Å². The molecular formula is C16H29NO. The summed E-state index contributed by atoms with van der Waals surface area (Å²) >= 11 is 0. The van der Waals surface area contributed by atoms with Crippen molar-refractivity contribution in [1.29, 1.82) is 0 Å². The van der Waals surface area contributed by atoms with E-state index in [0.29, 0.717) is 23.6 Å². The summed E-state index contributed by atoms with van der Waals surface area (Å²) in [6.07, 6.45) is 11.7. The number of rotatable bonds is 6. The molecule has 0 bridgehead atoms. The predicted octanol–water partition coefficient (Wildman–Crippen LogP) is 3.67. The van der Waals surface area contributed by atoms with Crippen LogP contribution in [0.3, 0.4) is 0 Å². The molecule has 2 rings (SSSR count). The molecule has 0 heterocycles. The fourth-order valence-corrected chi connectivity index (χ4v) is 3.96. The highest BCUT2D eigenvalue weighted by molar-refractivity contribution is 5.09. The van der Waals surface area contributed by atoms with Gasteiger partial charge in [-0.25, -0.2) is 0 Å². The first kappa shape index (κ1) is 14.1. The van der Waals surface area contributed by atoms with Crippen LogP contribution in [-0.2, 0) is 4.74 Å². The van der Waals surface area contributed by atoms with Gasteiger partial charge in [0.05, 0.1) is 6.10 Å². The van der Waals surface area contributed by atoms with Gasteiger partial charge in [-0.1, -0.05) is 25.3 Å². The molecule has 0 amide bonds. The van der Waals surface area contributed by atoms with Gasteiger partial charge in [0.25, 0.3) is 0 Å². The van der Waals surface area contributed by atoms with Gasteiger partial charge < -0.3 is 10.1 Å². The summed E-state index contributed by atoms with van der Waals surface area (Å²) in [5.41, 5.74) is 0.448. The minimum atomic E-state index is 0.448. The Kier molecular flexibility index (Phi) is 4.85. The van der Waals surface area contributed by atoms with Gasteiger partial charge in [0, 0.05) is 24.1 Å². The average Bonchev–Trinajstić information content (AvgIpc) is 2.39. The van der Waals surface area contributed by atoms with Crippen molar-refractivity contribution in [1.82, 2.24) is 5.32 Å². The molecule has 18 heavy (non-hydrogen) atoms. The summed E-state index contributed by atoms with van der Waals surface area (Å²) in [4.78, 5) is 0. The Morgan fingerprint density at radius 3 is 2.72 bits per heavy atom. The molecule has 2 aliphatic carbocycles. The van der Waals surface area contributed by atoms with E-state index in [1.165, 1.54) is 38.5 Å². The fourth-order valence-electron chi connectivity index (χ4n) is 3.96. The van der Waals surface area contributed by atoms with Crippen molar-refractivity contribution in [2.45, 2.75) is 77.0 Å². The first-order valence-electron chi connectivity index (χ1n) is 7.71. The monoisotopic (exact) mass is 251 g/mol. The summed E-state index contributed by atoms with van der Waals surface area (Å²) in [7, 11) is 0. The SMILES string of the molecule is C=CCC(C)NC1CC(OCC)C12CCCCC2. The van der Waals surface area contributed by atoms with E-state index in [0.717, 1.165) is 13.0 Å². The summed E-state index contributed by atoms with van der Waals surface area (Å²) in [6.45, 7) is 9.09. The fraction of sp³-hybridized carbons (Fsp3) is 0.875. The van der Waals surface area contributed by atoms with E-state index < -0.39 is 0 Å². The number of hydrogen-bond donors (Lipinski definition) is 1. The molecule has 0 aromatic heterocycles. The molecule has 2 aliphatic rings. The Morgan fingerprint density at radius 2 is 2.11 bits per heavy atom. The third-order valence-electron chi connectivity index (χ3n) is 4.94. The number of hydrogen-bond acceptors (Lipinski definition) is 2. The zero-order chi connectivity index (χ0) is 13.0. The molecule has 3 atom stereocenters. The van der Waals surface area contributed by atoms with Crippen LogP contribution in [0.4, 0.5) is 0 Å². The third-order valence-corrected chi connectivity index (χ3v) is 4.94. The lowest BCUT2D eigenvalue weighted by Crippen LogP contribution is -2.65. The first-order chi connectivity index (χ1) is 8.73. The Balaban J connectivity index is 1.96. The minimum absolute atomic E-state index is 0.448. The van der Waals surface area contributed by atoms with Crippen LogP contribution in [0.5, 0.6) is 0 Å². The maximum Gasteiger partial charge on any atom is 0.0661 e. The molecule has 2 fully saturated rings. The van der Waals surface area contributed by atoms with Crippen LogP contribution < -0.4 is 5.32 Å². The quantitative estimate of drug-likeness (QED) is 0.727. The van der Waals surface area contributed by atoms with Crippen molar-refractivity contribution >= 4 is 0 Å². The Bertz CT molecular complexity index is 270. The molecular weight excluding hydrogens is 222 g/mol. The van der Waals surface area contributed by atoms with E-state index in [1.54, 1.807) is 0 Å². The third kappa shape index (κ3) is 2.65. The standard InChI is InChI=1S/C16H29NO/c1-4-9-13(3)17-14-12-15(18-5-2)16(14)10-7-6-8-11-16/h4,13-15,17H,1,5-12H2,2-3H3. The molecule has 2 heteroatoms. The van der Waals surface area contributed by atoms with Gasteiger partial charge in [-0.15, -0.1) is 6.58 Å². The van der Waals surface area contributed by atoms with Crippen molar-refractivity contribution < 1.29 is 4.74 Å². The second-order valence-corrected chi connectivity index (χ2v) is 6.12. The van der Waals surface area contributed by atoms with E-state index in [1.807, 2.05) is 6.08 Å². The summed E-state index contributed by atoms with van der Waals surface area (Å²) in [6, 6.07) is 1.22. The molecule has 0 saturated heterocycles. The molecule has 0 radical (unpaired) electrons. The maximum absolute atomic E-state index is 5.98. The molecule has 104 valence electrons. The number of nitrogens with one attached hydrogen (secondary N) is 1. The minimum Gasteiger partial charge on any atom is -0.378 e. The Hall–Kier alpha value is -0.340. The highest BCUT2D eigenvalue weighted by Gasteiger charge is 2.55. The van der Waals surface area contributed by atoms with Gasteiger partial charge >= 0.3 is 0 Å². The van der Waals surface area contributed by atoms with Gasteiger partial charge in [-0.2, -0.15) is 0 Å². The molecule has 2 saturated carbocycles. The second-order valence-electron chi connectivity index (χ2n) is 6.12. The van der Waals surface area contributed by atoms with Gasteiger partial charge in [-0.05, 0) is 39.5 Å². The van der Waals surface area contributed by atoms with Crippen LogP contribution in [-0.4, -0.2) is 24.8 Å². The summed E-state index contributed by atoms with van der Waals surface area (Å²) < 4.78 is 5.98. The average molecular weight is 251 g/mol. The lowest BCUT2D eigenvalue weighted by Gasteiger charge is -2.58. The molecule has 3 unspecified atom stereocenters. The molecule has 1 spiro atoms. The van der Waals surface area contributed by atoms with Gasteiger partial charge in [0.1, 0.15) is 0 Å². The lowest BCUT2D eigenvalue weighted by atomic mass is 9.55. The topological polar surface area (TPSA) is 21.3 Å². The van der Waals surface area contributed by atoms with E-state index in [2.05, 4.69) is 25.7 Å². The van der Waals surface area contributed by atoms with Crippen LogP contribution in [0.25, 0.3) is 0 Å². The largest absolute Gasteiger partial charge is 0.378 e. The van der Waals surface area contributed by atoms with Crippen LogP contribution in [0.1, 0.15) is 58.8 Å². The molecule has 0 aromatic carbocycles. The van der Waals surface area contributed by atoms with Crippen molar-refractivity contribution in [2.75, 3.05) is 6.61 Å². The van der Waals surface area contributed by atoms with E-state index in [-0.39, 0.29) is 0 Å². The van der Waals surface area contributed by atoms with Gasteiger partial charge in [0.2, 0.25) is 0 Å². The smallest absolute Gasteiger partial charge is 0.0661 e. The Labute approximate surface area is 112 Å². The van der Waals surface area contributed by atoms with Crippen LogP contribution in [0.15, 0.2) is 12.7 Å². The molecule has 0 aromatic rings. The zero-order valence-electron chi connectivity index (χ0n) is 12.1. The van der Waals surface area contributed by atoms with Crippen molar-refractivity contribution in [2.24, 2.45) is 5.41 Å². The highest BCUT2D eigenvalue weighted by atomic mass is 16.5. The first-order valence-corrected chi connectivity index (χ1v) is 7.71. The predicted molar refractivity (Wildman–Crippen MR) is 76.7 cm³/mol. The van der Waals surface area contributed by atoms with Crippen LogP contribution in [0, 0.1) is 5.41 Å². The maximum atomic E-state index is 5.98. The van der Waals surface area contributed by atoms with E-state index >= 15 is 0 Å². The van der Waals surface area contributed by atoms with Crippen molar-refractivity contribution in [3.63, 3.8) is 0 Å². The normalized spacial score (nSPS) is 31.9. The van der Waals surface area contributed by atoms with E-state index in [9.17, 15) is 0 Å². The summed E-state index contributed by atoms with van der Waals surface area (Å²) in [5, 5.41) is 3.81. The zero-order valence-corrected chi connectivity index (χ0v) is 12.1. The Morgan fingerprint density at radius 1 is 1.39 bits per heavy atom. The second kappa shape index (κ2) is 6.21. The van der Waals surface area contributed by atoms with Gasteiger partial charge in [-0.3, -0.25) is 0 Å². The molecule has 2 nitrogen and oxygen atoms in total. The number of ether oxygens (including phenoxy) is 1. The molecule has 1 N–H and O–H groups in total. The van der Waals surface area contributed by atoms with Crippen LogP contribution in [0.2, 0.25) is 0 Å². The van der Waals surface area contributed by atoms with Gasteiger partial charge in [0.15, 0.2) is 0 Å². The summed E-state index contributed by atoms with van der Waals surface area (Å²) in [5.74, 6) is 0. The lowest BCUT2D eigenvalue weighted by molar-refractivity contribution is -0.151.